The van der Waals surface area contributed by atoms with Gasteiger partial charge in [0, 0.05) is 29.6 Å². The Bertz CT molecular complexity index is 1220. The zero-order valence-electron chi connectivity index (χ0n) is 18.2. The van der Waals surface area contributed by atoms with Gasteiger partial charge in [-0.3, -0.25) is 4.79 Å². The van der Waals surface area contributed by atoms with Crippen LogP contribution in [-0.4, -0.2) is 26.8 Å². The predicted molar refractivity (Wildman–Crippen MR) is 129 cm³/mol. The molecule has 0 radical (unpaired) electrons. The number of nitrogens with one attached hydrogen (secondary N) is 2. The lowest BCUT2D eigenvalue weighted by Gasteiger charge is -2.10. The van der Waals surface area contributed by atoms with Crippen LogP contribution in [0.15, 0.2) is 42.5 Å². The Morgan fingerprint density at radius 3 is 2.55 bits per heavy atom. The molecular weight excluding hydrogens is 463 g/mol. The fourth-order valence-electron chi connectivity index (χ4n) is 3.37. The highest BCUT2D eigenvalue weighted by Gasteiger charge is 2.31. The third kappa shape index (κ3) is 5.31. The zero-order chi connectivity index (χ0) is 23.7. The number of aromatic hydroxyl groups is 1. The Labute approximate surface area is 201 Å². The molecule has 3 aromatic rings. The van der Waals surface area contributed by atoms with E-state index in [2.05, 4.69) is 15.7 Å². The molecule has 4 rings (SSSR count). The number of benzene rings is 2. The maximum atomic E-state index is 13.0. The van der Waals surface area contributed by atoms with Crippen LogP contribution >= 0.6 is 23.2 Å². The molecule has 1 saturated carbocycles. The zero-order valence-corrected chi connectivity index (χ0v) is 19.7. The summed E-state index contributed by atoms with van der Waals surface area (Å²) in [5.74, 6) is -0.0478. The highest BCUT2D eigenvalue weighted by Crippen LogP contribution is 2.42. The normalized spacial score (nSPS) is 13.2. The second-order valence-electron chi connectivity index (χ2n) is 8.42. The van der Waals surface area contributed by atoms with Gasteiger partial charge in [-0.05, 0) is 54.8 Å². The number of amides is 2. The fourth-order valence-corrected chi connectivity index (χ4v) is 3.69. The van der Waals surface area contributed by atoms with Crippen molar-refractivity contribution in [2.45, 2.75) is 39.2 Å². The van der Waals surface area contributed by atoms with Crippen molar-refractivity contribution >= 4 is 40.8 Å². The Hall–Kier alpha value is -3.03. The van der Waals surface area contributed by atoms with E-state index in [4.69, 9.17) is 23.2 Å². The van der Waals surface area contributed by atoms with Crippen LogP contribution in [0.5, 0.6) is 5.75 Å². The van der Waals surface area contributed by atoms with Crippen LogP contribution < -0.4 is 10.6 Å². The maximum absolute atomic E-state index is 13.0. The summed E-state index contributed by atoms with van der Waals surface area (Å²) in [6.07, 6.45) is 1.95. The lowest BCUT2D eigenvalue weighted by molar-refractivity contribution is -0.118. The van der Waals surface area contributed by atoms with E-state index in [-0.39, 0.29) is 36.1 Å². The van der Waals surface area contributed by atoms with Crippen LogP contribution in [0.1, 0.15) is 43.9 Å². The standard InChI is InChI=1S/C24H24Cl2N4O3/c1-13(2)23(32)28-16-6-8-22(31)17(10-16)20-11-21(15-4-5-15)30(29-20)24(33)27-12-14-3-7-18(25)19(26)9-14/h3,6-11,13,15,31H,4-5,12H2,1-2H3,(H,27,33)(H,28,32). The topological polar surface area (TPSA) is 96.2 Å². The number of hydrogen-bond donors (Lipinski definition) is 3. The van der Waals surface area contributed by atoms with Crippen molar-refractivity contribution < 1.29 is 14.7 Å². The van der Waals surface area contributed by atoms with Crippen molar-refractivity contribution in [3.8, 4) is 17.0 Å². The summed E-state index contributed by atoms with van der Waals surface area (Å²) in [4.78, 5) is 25.0. The minimum absolute atomic E-state index is 0.0146. The van der Waals surface area contributed by atoms with E-state index < -0.39 is 0 Å². The summed E-state index contributed by atoms with van der Waals surface area (Å²) in [6.45, 7) is 3.87. The molecule has 1 aliphatic rings. The Kier molecular flexibility index (Phi) is 6.63. The first-order chi connectivity index (χ1) is 15.7. The second kappa shape index (κ2) is 9.45. The van der Waals surface area contributed by atoms with Crippen molar-refractivity contribution in [1.82, 2.24) is 15.1 Å². The van der Waals surface area contributed by atoms with Crippen LogP contribution in [0.3, 0.4) is 0 Å². The van der Waals surface area contributed by atoms with Gasteiger partial charge in [0.05, 0.1) is 21.4 Å². The molecule has 0 aliphatic heterocycles. The number of hydrogen-bond acceptors (Lipinski definition) is 4. The lowest BCUT2D eigenvalue weighted by atomic mass is 10.1. The maximum Gasteiger partial charge on any atom is 0.342 e. The van der Waals surface area contributed by atoms with Crippen LogP contribution in [0.2, 0.25) is 10.0 Å². The molecule has 0 saturated heterocycles. The van der Waals surface area contributed by atoms with Gasteiger partial charge in [0.2, 0.25) is 5.91 Å². The predicted octanol–water partition coefficient (Wildman–Crippen LogP) is 5.79. The fraction of sp³-hybridized carbons (Fsp3) is 0.292. The van der Waals surface area contributed by atoms with Crippen molar-refractivity contribution in [1.29, 1.82) is 0 Å². The van der Waals surface area contributed by atoms with Gasteiger partial charge in [-0.2, -0.15) is 9.78 Å². The quantitative estimate of drug-likeness (QED) is 0.384. The molecule has 2 aromatic carbocycles. The number of carbonyl (C=O) groups is 2. The van der Waals surface area contributed by atoms with Crippen LogP contribution in [0, 0.1) is 5.92 Å². The van der Waals surface area contributed by atoms with E-state index in [1.807, 2.05) is 6.07 Å². The molecule has 0 bridgehead atoms. The third-order valence-corrected chi connectivity index (χ3v) is 6.16. The SMILES string of the molecule is CC(C)C(=O)Nc1ccc(O)c(-c2cc(C3CC3)n(C(=O)NCc3ccc(Cl)c(Cl)c3)n2)c1. The third-order valence-electron chi connectivity index (χ3n) is 5.42. The highest BCUT2D eigenvalue weighted by atomic mass is 35.5. The summed E-state index contributed by atoms with van der Waals surface area (Å²) >= 11 is 12.0. The first-order valence-electron chi connectivity index (χ1n) is 10.7. The van der Waals surface area contributed by atoms with Crippen molar-refractivity contribution in [3.63, 3.8) is 0 Å². The van der Waals surface area contributed by atoms with Crippen molar-refractivity contribution in [3.05, 3.63) is 63.8 Å². The first kappa shape index (κ1) is 23.1. The van der Waals surface area contributed by atoms with Gasteiger partial charge in [-0.15, -0.1) is 0 Å². The van der Waals surface area contributed by atoms with Crippen LogP contribution in [0.4, 0.5) is 10.5 Å². The summed E-state index contributed by atoms with van der Waals surface area (Å²) in [7, 11) is 0. The van der Waals surface area contributed by atoms with Crippen LogP contribution in [0.25, 0.3) is 11.3 Å². The largest absolute Gasteiger partial charge is 0.507 e. The summed E-state index contributed by atoms with van der Waals surface area (Å²) in [5, 5.41) is 21.5. The molecule has 3 N–H and O–H groups in total. The molecule has 1 aliphatic carbocycles. The molecular formula is C24H24Cl2N4O3. The summed E-state index contributed by atoms with van der Waals surface area (Å²) in [6, 6.07) is 11.4. The van der Waals surface area contributed by atoms with Crippen molar-refractivity contribution in [2.75, 3.05) is 5.32 Å². The van der Waals surface area contributed by atoms with Gasteiger partial charge in [0.1, 0.15) is 5.75 Å². The van der Waals surface area contributed by atoms with Gasteiger partial charge in [-0.1, -0.05) is 43.1 Å². The van der Waals surface area contributed by atoms with Gasteiger partial charge in [0.15, 0.2) is 0 Å². The molecule has 1 heterocycles. The monoisotopic (exact) mass is 486 g/mol. The van der Waals surface area contributed by atoms with E-state index in [1.165, 1.54) is 10.7 Å². The molecule has 1 aromatic heterocycles. The number of carbonyl (C=O) groups excluding carboxylic acids is 2. The summed E-state index contributed by atoms with van der Waals surface area (Å²) in [5.41, 5.74) is 3.04. The van der Waals surface area contributed by atoms with E-state index >= 15 is 0 Å². The number of rotatable bonds is 6. The molecule has 1 fully saturated rings. The summed E-state index contributed by atoms with van der Waals surface area (Å²) < 4.78 is 1.35. The Morgan fingerprint density at radius 2 is 1.88 bits per heavy atom. The molecule has 7 nitrogen and oxygen atoms in total. The van der Waals surface area contributed by atoms with Gasteiger partial charge in [0.25, 0.3) is 0 Å². The van der Waals surface area contributed by atoms with Gasteiger partial charge in [-0.25, -0.2) is 4.79 Å². The smallest absolute Gasteiger partial charge is 0.342 e. The average Bonchev–Trinajstić information content (AvgIpc) is 3.53. The molecule has 0 unspecified atom stereocenters. The molecule has 0 spiro atoms. The minimum Gasteiger partial charge on any atom is -0.507 e. The minimum atomic E-state index is -0.377. The number of anilines is 1. The molecule has 0 atom stereocenters. The van der Waals surface area contributed by atoms with E-state index in [0.717, 1.165) is 24.1 Å². The number of nitrogens with zero attached hydrogens (tertiary/aromatic N) is 2. The highest BCUT2D eigenvalue weighted by molar-refractivity contribution is 6.42. The number of phenolic OH excluding ortho intramolecular Hbond substituents is 1. The first-order valence-corrected chi connectivity index (χ1v) is 11.4. The number of aromatic nitrogens is 2. The molecule has 2 amide bonds. The van der Waals surface area contributed by atoms with E-state index in [1.54, 1.807) is 44.2 Å². The number of halogens is 2. The average molecular weight is 487 g/mol. The van der Waals surface area contributed by atoms with Crippen LogP contribution in [-0.2, 0) is 11.3 Å². The second-order valence-corrected chi connectivity index (χ2v) is 9.24. The number of phenols is 1. The molecule has 33 heavy (non-hydrogen) atoms. The van der Waals surface area contributed by atoms with E-state index in [9.17, 15) is 14.7 Å². The lowest BCUT2D eigenvalue weighted by Crippen LogP contribution is -2.30. The Morgan fingerprint density at radius 1 is 1.12 bits per heavy atom. The van der Waals surface area contributed by atoms with E-state index in [0.29, 0.717) is 27.0 Å². The van der Waals surface area contributed by atoms with Gasteiger partial charge >= 0.3 is 6.03 Å². The van der Waals surface area contributed by atoms with Gasteiger partial charge < -0.3 is 15.7 Å². The molecule has 172 valence electrons. The molecule has 9 heteroatoms. The van der Waals surface area contributed by atoms with Crippen molar-refractivity contribution in [2.24, 2.45) is 5.92 Å². The Balaban J connectivity index is 1.58.